The topological polar surface area (TPSA) is 78.4 Å². The molecule has 0 saturated carbocycles. The van der Waals surface area contributed by atoms with Crippen molar-refractivity contribution in [1.82, 2.24) is 5.32 Å². The zero-order valence-corrected chi connectivity index (χ0v) is 11.1. The number of urea groups is 1. The Bertz CT molecular complexity index is 495. The van der Waals surface area contributed by atoms with Crippen molar-refractivity contribution >= 4 is 17.7 Å². The van der Waals surface area contributed by atoms with E-state index in [-0.39, 0.29) is 5.56 Å². The summed E-state index contributed by atoms with van der Waals surface area (Å²) in [5.74, 6) is -1.05. The van der Waals surface area contributed by atoms with E-state index in [1.165, 1.54) is 0 Å². The van der Waals surface area contributed by atoms with Gasteiger partial charge < -0.3 is 15.7 Å². The van der Waals surface area contributed by atoms with Crippen LogP contribution in [0.25, 0.3) is 0 Å². The summed E-state index contributed by atoms with van der Waals surface area (Å²) >= 11 is 0. The Hall–Kier alpha value is -2.30. The Kier molecular flexibility index (Phi) is 5.60. The van der Waals surface area contributed by atoms with Crippen LogP contribution in [-0.2, 0) is 0 Å². The molecule has 0 aliphatic heterocycles. The van der Waals surface area contributed by atoms with E-state index in [0.717, 1.165) is 6.42 Å². The van der Waals surface area contributed by atoms with E-state index in [0.29, 0.717) is 17.8 Å². The van der Waals surface area contributed by atoms with Gasteiger partial charge in [0.25, 0.3) is 0 Å². The highest BCUT2D eigenvalue weighted by atomic mass is 16.4. The lowest BCUT2D eigenvalue weighted by molar-refractivity contribution is 0.0697. The van der Waals surface area contributed by atoms with Gasteiger partial charge in [0.05, 0.1) is 11.3 Å². The van der Waals surface area contributed by atoms with E-state index in [2.05, 4.69) is 10.6 Å². The molecule has 0 unspecified atom stereocenters. The zero-order valence-electron chi connectivity index (χ0n) is 11.1. The summed E-state index contributed by atoms with van der Waals surface area (Å²) in [5.41, 5.74) is 1.03. The maximum atomic E-state index is 11.6. The Morgan fingerprint density at radius 2 is 2.11 bits per heavy atom. The predicted molar refractivity (Wildman–Crippen MR) is 74.6 cm³/mol. The number of anilines is 1. The van der Waals surface area contributed by atoms with Crippen LogP contribution in [0.15, 0.2) is 30.4 Å². The van der Waals surface area contributed by atoms with Crippen LogP contribution in [0, 0.1) is 6.92 Å². The summed E-state index contributed by atoms with van der Waals surface area (Å²) in [6.07, 6.45) is 4.59. The largest absolute Gasteiger partial charge is 0.478 e. The van der Waals surface area contributed by atoms with Crippen LogP contribution < -0.4 is 10.6 Å². The van der Waals surface area contributed by atoms with Crippen molar-refractivity contribution in [2.75, 3.05) is 11.9 Å². The number of carbonyl (C=O) groups is 2. The van der Waals surface area contributed by atoms with Gasteiger partial charge in [-0.3, -0.25) is 0 Å². The first kappa shape index (κ1) is 14.8. The molecular weight excluding hydrogens is 244 g/mol. The van der Waals surface area contributed by atoms with Gasteiger partial charge in [-0.1, -0.05) is 24.3 Å². The van der Waals surface area contributed by atoms with Crippen molar-refractivity contribution in [2.24, 2.45) is 0 Å². The molecule has 1 aromatic carbocycles. The van der Waals surface area contributed by atoms with Gasteiger partial charge >= 0.3 is 12.0 Å². The first-order valence-electron chi connectivity index (χ1n) is 6.05. The molecule has 5 heteroatoms. The van der Waals surface area contributed by atoms with Gasteiger partial charge in [-0.15, -0.1) is 0 Å². The first-order valence-corrected chi connectivity index (χ1v) is 6.05. The molecule has 2 amide bonds. The fourth-order valence-corrected chi connectivity index (χ4v) is 1.66. The molecule has 0 aliphatic carbocycles. The zero-order chi connectivity index (χ0) is 14.3. The number of nitrogens with one attached hydrogen (secondary N) is 2. The molecule has 19 heavy (non-hydrogen) atoms. The predicted octanol–water partition coefficient (Wildman–Crippen LogP) is 2.78. The summed E-state index contributed by atoms with van der Waals surface area (Å²) in [5, 5.41) is 14.3. The van der Waals surface area contributed by atoms with Crippen LogP contribution in [0.2, 0.25) is 0 Å². The van der Waals surface area contributed by atoms with Gasteiger partial charge in [-0.25, -0.2) is 9.59 Å². The van der Waals surface area contributed by atoms with Gasteiger partial charge in [-0.05, 0) is 31.9 Å². The van der Waals surface area contributed by atoms with Gasteiger partial charge in [0, 0.05) is 6.54 Å². The first-order chi connectivity index (χ1) is 9.06. The molecule has 1 rings (SSSR count). The minimum Gasteiger partial charge on any atom is -0.478 e. The van der Waals surface area contributed by atoms with E-state index in [1.807, 2.05) is 19.1 Å². The molecule has 0 atom stereocenters. The number of carbonyl (C=O) groups excluding carboxylic acids is 1. The van der Waals surface area contributed by atoms with E-state index in [4.69, 9.17) is 5.11 Å². The van der Waals surface area contributed by atoms with Crippen LogP contribution in [0.5, 0.6) is 0 Å². The lowest BCUT2D eigenvalue weighted by atomic mass is 10.1. The number of carboxylic acids is 1. The van der Waals surface area contributed by atoms with E-state index >= 15 is 0 Å². The summed E-state index contributed by atoms with van der Waals surface area (Å²) in [7, 11) is 0. The molecule has 3 N–H and O–H groups in total. The number of benzene rings is 1. The molecule has 0 fully saturated rings. The standard InChI is InChI=1S/C14H18N2O3/c1-3-4-5-9-15-14(19)16-11-8-6-7-10(2)12(11)13(17)18/h3-4,6-8H,5,9H2,1-2H3,(H,17,18)(H2,15,16,19)/b4-3+. The highest BCUT2D eigenvalue weighted by Crippen LogP contribution is 2.19. The number of rotatable bonds is 5. The lowest BCUT2D eigenvalue weighted by Crippen LogP contribution is -2.30. The SMILES string of the molecule is C/C=C/CCNC(=O)Nc1cccc(C)c1C(=O)O. The Morgan fingerprint density at radius 3 is 2.74 bits per heavy atom. The van der Waals surface area contributed by atoms with E-state index < -0.39 is 12.0 Å². The Labute approximate surface area is 112 Å². The number of allylic oxidation sites excluding steroid dienone is 1. The van der Waals surface area contributed by atoms with Crippen molar-refractivity contribution in [3.63, 3.8) is 0 Å². The summed E-state index contributed by atoms with van der Waals surface area (Å²) in [6, 6.07) is 4.57. The third-order valence-electron chi connectivity index (χ3n) is 2.57. The molecular formula is C14H18N2O3. The van der Waals surface area contributed by atoms with Crippen molar-refractivity contribution in [3.05, 3.63) is 41.5 Å². The molecule has 0 spiro atoms. The average molecular weight is 262 g/mol. The monoisotopic (exact) mass is 262 g/mol. The minimum atomic E-state index is -1.05. The van der Waals surface area contributed by atoms with Gasteiger partial charge in [0.1, 0.15) is 0 Å². The molecule has 0 radical (unpaired) electrons. The molecule has 0 bridgehead atoms. The summed E-state index contributed by atoms with van der Waals surface area (Å²) in [4.78, 5) is 22.8. The molecule has 5 nitrogen and oxygen atoms in total. The Balaban J connectivity index is 2.69. The highest BCUT2D eigenvalue weighted by molar-refractivity contribution is 6.01. The van der Waals surface area contributed by atoms with E-state index in [9.17, 15) is 9.59 Å². The maximum absolute atomic E-state index is 11.6. The quantitative estimate of drug-likeness (QED) is 0.564. The Morgan fingerprint density at radius 1 is 1.37 bits per heavy atom. The number of hydrogen-bond donors (Lipinski definition) is 3. The second kappa shape index (κ2) is 7.20. The van der Waals surface area contributed by atoms with E-state index in [1.54, 1.807) is 25.1 Å². The normalized spacial score (nSPS) is 10.4. The highest BCUT2D eigenvalue weighted by Gasteiger charge is 2.14. The fraction of sp³-hybridized carbons (Fsp3) is 0.286. The number of carboxylic acid groups (broad SMARTS) is 1. The number of aromatic carboxylic acids is 1. The van der Waals surface area contributed by atoms with Crippen molar-refractivity contribution in [1.29, 1.82) is 0 Å². The van der Waals surface area contributed by atoms with Crippen molar-refractivity contribution in [3.8, 4) is 0 Å². The third kappa shape index (κ3) is 4.46. The van der Waals surface area contributed by atoms with Crippen LogP contribution in [0.4, 0.5) is 10.5 Å². The van der Waals surface area contributed by atoms with Crippen LogP contribution in [-0.4, -0.2) is 23.7 Å². The second-order valence-electron chi connectivity index (χ2n) is 4.04. The molecule has 0 aliphatic rings. The smallest absolute Gasteiger partial charge is 0.338 e. The average Bonchev–Trinajstić information content (AvgIpc) is 2.34. The molecule has 0 heterocycles. The number of hydrogen-bond acceptors (Lipinski definition) is 2. The molecule has 102 valence electrons. The number of aryl methyl sites for hydroxylation is 1. The third-order valence-corrected chi connectivity index (χ3v) is 2.57. The molecule has 1 aromatic rings. The molecule has 0 saturated heterocycles. The lowest BCUT2D eigenvalue weighted by Gasteiger charge is -2.11. The molecule has 0 aromatic heterocycles. The van der Waals surface area contributed by atoms with Gasteiger partial charge in [0.2, 0.25) is 0 Å². The fourth-order valence-electron chi connectivity index (χ4n) is 1.66. The number of amides is 2. The maximum Gasteiger partial charge on any atom is 0.338 e. The summed E-state index contributed by atoms with van der Waals surface area (Å²) < 4.78 is 0. The van der Waals surface area contributed by atoms with Gasteiger partial charge in [-0.2, -0.15) is 0 Å². The van der Waals surface area contributed by atoms with Crippen molar-refractivity contribution in [2.45, 2.75) is 20.3 Å². The minimum absolute atomic E-state index is 0.117. The summed E-state index contributed by atoms with van der Waals surface area (Å²) in [6.45, 7) is 4.11. The second-order valence-corrected chi connectivity index (χ2v) is 4.04. The van der Waals surface area contributed by atoms with Crippen LogP contribution >= 0.6 is 0 Å². The van der Waals surface area contributed by atoms with Gasteiger partial charge in [0.15, 0.2) is 0 Å². The van der Waals surface area contributed by atoms with Crippen molar-refractivity contribution < 1.29 is 14.7 Å². The van der Waals surface area contributed by atoms with Crippen LogP contribution in [0.3, 0.4) is 0 Å². The van der Waals surface area contributed by atoms with Crippen LogP contribution in [0.1, 0.15) is 29.3 Å².